The summed E-state index contributed by atoms with van der Waals surface area (Å²) < 4.78 is 18.8. The molecule has 0 aromatic heterocycles. The van der Waals surface area contributed by atoms with Gasteiger partial charge in [-0.05, 0) is 58.8 Å². The van der Waals surface area contributed by atoms with Crippen molar-refractivity contribution in [2.45, 2.75) is 25.7 Å². The van der Waals surface area contributed by atoms with E-state index in [4.69, 9.17) is 80.9 Å². The Labute approximate surface area is 303 Å². The molecule has 0 spiro atoms. The van der Waals surface area contributed by atoms with Crippen LogP contribution in [-0.2, 0) is 50.5 Å². The molecule has 0 radical (unpaired) electrons. The van der Waals surface area contributed by atoms with E-state index in [2.05, 4.69) is 45.3 Å². The molecule has 4 saturated heterocycles. The summed E-state index contributed by atoms with van der Waals surface area (Å²) in [6, 6.07) is 0. The van der Waals surface area contributed by atoms with Crippen LogP contribution in [0, 0.1) is 0 Å². The van der Waals surface area contributed by atoms with Crippen molar-refractivity contribution in [2.24, 2.45) is 0 Å². The molecule has 0 saturated carbocycles. The van der Waals surface area contributed by atoms with E-state index in [1.807, 2.05) is 44.0 Å². The molecule has 0 atom stereocenters. The van der Waals surface area contributed by atoms with E-state index in [9.17, 15) is 0 Å². The number of hydrazine groups is 6. The predicted octanol–water partition coefficient (Wildman–Crippen LogP) is 2.81. The van der Waals surface area contributed by atoms with Crippen LogP contribution >= 0.6 is 97.7 Å². The first-order valence-electron chi connectivity index (χ1n) is 12.8. The normalized spacial score (nSPS) is 20.0. The van der Waals surface area contributed by atoms with Crippen LogP contribution in [0.3, 0.4) is 0 Å². The molecule has 41 heavy (non-hydrogen) atoms. The molecule has 232 valence electrons. The van der Waals surface area contributed by atoms with E-state index in [-0.39, 0.29) is 0 Å². The topological polar surface area (TPSA) is 60.1 Å². The van der Waals surface area contributed by atoms with E-state index in [1.54, 1.807) is 0 Å². The fourth-order valence-corrected chi connectivity index (χ4v) is 7.88. The van der Waals surface area contributed by atoms with Crippen molar-refractivity contribution >= 4 is 140 Å². The summed E-state index contributed by atoms with van der Waals surface area (Å²) in [4.78, 5) is 0. The van der Waals surface area contributed by atoms with Gasteiger partial charge in [0.25, 0.3) is 0 Å². The van der Waals surface area contributed by atoms with Crippen LogP contribution in [0.4, 0.5) is 0 Å². The van der Waals surface area contributed by atoms with Gasteiger partial charge in [0, 0.05) is 75.4 Å². The second-order valence-corrected chi connectivity index (χ2v) is 15.8. The summed E-state index contributed by atoms with van der Waals surface area (Å²) in [5.41, 5.74) is 0. The molecular weight excluding hydrogens is 801 g/mol. The fourth-order valence-electron chi connectivity index (χ4n) is 4.53. The predicted molar refractivity (Wildman–Crippen MR) is 191 cm³/mol. The molecule has 0 unspecified atom stereocenters. The average molecular weight is 835 g/mol. The van der Waals surface area contributed by atoms with Crippen molar-refractivity contribution in [1.82, 2.24) is 40.5 Å². The van der Waals surface area contributed by atoms with Gasteiger partial charge in [-0.1, -0.05) is 0 Å². The monoisotopic (exact) mass is 836 g/mol. The van der Waals surface area contributed by atoms with Gasteiger partial charge in [0.1, 0.15) is 0 Å². The SMILES string of the molecule is S=C([S-])N(N1CCSCC1)N(C(=S)S)N1CCCC1.S=C([S-])N(N1CCSCC1)N(C(=S)S)N1CCCC1.[O]=[Mo+2]=[O]. The van der Waals surface area contributed by atoms with Gasteiger partial charge < -0.3 is 49.7 Å². The number of thiol groups is 2. The van der Waals surface area contributed by atoms with Crippen molar-refractivity contribution in [1.29, 1.82) is 0 Å². The average Bonchev–Trinajstić information content (AvgIpc) is 3.66. The summed E-state index contributed by atoms with van der Waals surface area (Å²) in [5.74, 6) is 4.34. The minimum atomic E-state index is -2.03. The standard InChI is InChI=1S/2C10H18N4S5.Mo.2O/c2*15-9(16)13(11-3-1-2-4-11)14(10(17)18)12-5-7-19-8-6-12;;;/h2*1-8H2,(H,15,16)(H,17,18);;;/q;;+2;;/p-2. The number of thioether (sulfide) groups is 2. The Hall–Kier alpha value is 1.53. The molecule has 4 fully saturated rings. The van der Waals surface area contributed by atoms with Crippen molar-refractivity contribution in [3.63, 3.8) is 0 Å². The van der Waals surface area contributed by atoms with E-state index >= 15 is 0 Å². The third kappa shape index (κ3) is 12.7. The fraction of sp³-hybridized carbons (Fsp3) is 0.800. The number of thiocarbonyl (C=S) groups is 4. The molecule has 0 aromatic rings. The van der Waals surface area contributed by atoms with Gasteiger partial charge in [-0.2, -0.15) is 43.8 Å². The van der Waals surface area contributed by atoms with Crippen LogP contribution in [0.25, 0.3) is 0 Å². The molecule has 4 heterocycles. The van der Waals surface area contributed by atoms with Gasteiger partial charge in [-0.3, -0.25) is 0 Å². The van der Waals surface area contributed by atoms with Crippen molar-refractivity contribution < 1.29 is 25.3 Å². The molecular formula is C20H34MoN8O2S10. The minimum absolute atomic E-state index is 0.398. The zero-order valence-electron chi connectivity index (χ0n) is 22.3. The van der Waals surface area contributed by atoms with Gasteiger partial charge in [-0.15, -0.1) is 25.3 Å². The van der Waals surface area contributed by atoms with Gasteiger partial charge in [0.05, 0.1) is 0 Å². The number of hydrogen-bond donors (Lipinski definition) is 2. The molecule has 0 N–H and O–H groups in total. The van der Waals surface area contributed by atoms with Gasteiger partial charge in [0.15, 0.2) is 8.64 Å². The molecule has 21 heteroatoms. The quantitative estimate of drug-likeness (QED) is 0.144. The van der Waals surface area contributed by atoms with Gasteiger partial charge >= 0.3 is 25.3 Å². The third-order valence-electron chi connectivity index (χ3n) is 6.24. The first-order chi connectivity index (χ1) is 19.6. The molecule has 0 amide bonds. The van der Waals surface area contributed by atoms with Crippen LogP contribution in [0.2, 0.25) is 0 Å². The van der Waals surface area contributed by atoms with Crippen molar-refractivity contribution in [3.05, 3.63) is 0 Å². The van der Waals surface area contributed by atoms with Crippen molar-refractivity contribution in [3.8, 4) is 0 Å². The van der Waals surface area contributed by atoms with Crippen LogP contribution in [0.15, 0.2) is 0 Å². The Kier molecular flexibility index (Phi) is 20.2. The molecule has 4 aliphatic rings. The van der Waals surface area contributed by atoms with Gasteiger partial charge in [0.2, 0.25) is 0 Å². The summed E-state index contributed by atoms with van der Waals surface area (Å²) in [6.45, 7) is 7.61. The molecule has 0 aromatic carbocycles. The first-order valence-corrected chi connectivity index (χ1v) is 20.1. The number of nitrogens with zero attached hydrogens (tertiary/aromatic N) is 8. The molecule has 4 aliphatic heterocycles. The Morgan fingerprint density at radius 2 is 0.805 bits per heavy atom. The van der Waals surface area contributed by atoms with Crippen LogP contribution in [0.5, 0.6) is 0 Å². The van der Waals surface area contributed by atoms with E-state index in [0.717, 1.165) is 75.4 Å². The molecule has 0 aliphatic carbocycles. The maximum absolute atomic E-state index is 8.50. The van der Waals surface area contributed by atoms with Crippen LogP contribution in [-0.4, -0.2) is 133 Å². The molecule has 0 bridgehead atoms. The summed E-state index contributed by atoms with van der Waals surface area (Å²) in [7, 11) is 0. The van der Waals surface area contributed by atoms with Crippen LogP contribution < -0.4 is 0 Å². The van der Waals surface area contributed by atoms with Crippen LogP contribution in [0.1, 0.15) is 25.7 Å². The second-order valence-electron chi connectivity index (χ2n) is 8.78. The Bertz CT molecular complexity index is 846. The number of hydrogen-bond acceptors (Lipinski definition) is 14. The first kappa shape index (κ1) is 38.7. The zero-order valence-corrected chi connectivity index (χ0v) is 32.6. The summed E-state index contributed by atoms with van der Waals surface area (Å²) in [5, 5.41) is 16.1. The second kappa shape index (κ2) is 21.3. The Morgan fingerprint density at radius 3 is 1.02 bits per heavy atom. The molecule has 4 rings (SSSR count). The number of rotatable bonds is 4. The van der Waals surface area contributed by atoms with E-state index in [0.29, 0.717) is 17.3 Å². The molecule has 10 nitrogen and oxygen atoms in total. The zero-order chi connectivity index (χ0) is 30.4. The van der Waals surface area contributed by atoms with E-state index in [1.165, 1.54) is 25.7 Å². The summed E-state index contributed by atoms with van der Waals surface area (Å²) in [6.07, 6.45) is 4.67. The summed E-state index contributed by atoms with van der Waals surface area (Å²) >= 11 is 42.2. The Balaban J connectivity index is 0.000000262. The third-order valence-corrected chi connectivity index (χ3v) is 9.46. The maximum atomic E-state index is 8.50. The Morgan fingerprint density at radius 1 is 0.561 bits per heavy atom. The van der Waals surface area contributed by atoms with Crippen molar-refractivity contribution in [2.75, 3.05) is 75.4 Å². The van der Waals surface area contributed by atoms with E-state index < -0.39 is 18.5 Å². The van der Waals surface area contributed by atoms with Gasteiger partial charge in [-0.25, -0.2) is 20.3 Å².